The van der Waals surface area contributed by atoms with Crippen LogP contribution in [0.3, 0.4) is 0 Å². The maximum absolute atomic E-state index is 13.5. The number of nitrogens with one attached hydrogen (secondary N) is 1. The van der Waals surface area contributed by atoms with E-state index < -0.39 is 0 Å². The maximum atomic E-state index is 13.5. The number of carbonyl (C=O) groups excluding carboxylic acids is 1. The number of rotatable bonds is 6. The lowest BCUT2D eigenvalue weighted by atomic mass is 10.2. The lowest BCUT2D eigenvalue weighted by molar-refractivity contribution is -0.113. The quantitative estimate of drug-likeness (QED) is 0.433. The van der Waals surface area contributed by atoms with E-state index in [2.05, 4.69) is 20.5 Å². The SMILES string of the molecule is O=C(CSc1nnc(-c2cccnc2)n1-c1ccc(F)cc1)Nc1ccc2c(c1)OCCO2. The van der Waals surface area contributed by atoms with E-state index in [0.29, 0.717) is 47.1 Å². The van der Waals surface area contributed by atoms with Crippen molar-refractivity contribution in [2.24, 2.45) is 0 Å². The molecule has 166 valence electrons. The molecule has 1 amide bonds. The van der Waals surface area contributed by atoms with Crippen molar-refractivity contribution in [2.45, 2.75) is 5.16 Å². The number of nitrogens with zero attached hydrogens (tertiary/aromatic N) is 4. The molecule has 1 N–H and O–H groups in total. The normalized spacial score (nSPS) is 12.4. The van der Waals surface area contributed by atoms with Crippen LogP contribution in [-0.2, 0) is 4.79 Å². The van der Waals surface area contributed by atoms with Crippen molar-refractivity contribution >= 4 is 23.4 Å². The molecule has 5 rings (SSSR count). The number of amides is 1. The van der Waals surface area contributed by atoms with Crippen LogP contribution < -0.4 is 14.8 Å². The molecule has 0 radical (unpaired) electrons. The molecule has 10 heteroatoms. The van der Waals surface area contributed by atoms with E-state index in [1.165, 1.54) is 23.9 Å². The van der Waals surface area contributed by atoms with Crippen LogP contribution in [0.15, 0.2) is 72.1 Å². The molecule has 1 aliphatic rings. The molecule has 8 nitrogen and oxygen atoms in total. The molecule has 0 bridgehead atoms. The zero-order valence-electron chi connectivity index (χ0n) is 17.3. The zero-order valence-corrected chi connectivity index (χ0v) is 18.1. The third-order valence-corrected chi connectivity index (χ3v) is 5.73. The topological polar surface area (TPSA) is 91.2 Å². The van der Waals surface area contributed by atoms with Crippen molar-refractivity contribution in [3.05, 3.63) is 72.8 Å². The van der Waals surface area contributed by atoms with Crippen molar-refractivity contribution < 1.29 is 18.7 Å². The van der Waals surface area contributed by atoms with Crippen LogP contribution in [0, 0.1) is 5.82 Å². The largest absolute Gasteiger partial charge is 0.486 e. The number of anilines is 1. The van der Waals surface area contributed by atoms with Gasteiger partial charge < -0.3 is 14.8 Å². The lowest BCUT2D eigenvalue weighted by Crippen LogP contribution is -2.17. The van der Waals surface area contributed by atoms with E-state index in [1.54, 1.807) is 53.4 Å². The van der Waals surface area contributed by atoms with Crippen LogP contribution in [0.25, 0.3) is 17.1 Å². The highest BCUT2D eigenvalue weighted by atomic mass is 32.2. The van der Waals surface area contributed by atoms with Crippen LogP contribution in [-0.4, -0.2) is 44.6 Å². The van der Waals surface area contributed by atoms with E-state index in [9.17, 15) is 9.18 Å². The fourth-order valence-corrected chi connectivity index (χ4v) is 4.07. The smallest absolute Gasteiger partial charge is 0.234 e. The van der Waals surface area contributed by atoms with Gasteiger partial charge in [-0.15, -0.1) is 10.2 Å². The highest BCUT2D eigenvalue weighted by molar-refractivity contribution is 7.99. The molecule has 4 aromatic rings. The van der Waals surface area contributed by atoms with Crippen molar-refractivity contribution in [1.29, 1.82) is 0 Å². The number of halogens is 1. The van der Waals surface area contributed by atoms with E-state index >= 15 is 0 Å². The summed E-state index contributed by atoms with van der Waals surface area (Å²) in [5, 5.41) is 11.9. The van der Waals surface area contributed by atoms with Crippen molar-refractivity contribution in [3.8, 4) is 28.6 Å². The fourth-order valence-electron chi connectivity index (χ4n) is 3.32. The van der Waals surface area contributed by atoms with Crippen molar-refractivity contribution in [1.82, 2.24) is 19.7 Å². The molecule has 0 aliphatic carbocycles. The van der Waals surface area contributed by atoms with Gasteiger partial charge >= 0.3 is 0 Å². The molecule has 0 spiro atoms. The minimum absolute atomic E-state index is 0.0980. The molecule has 33 heavy (non-hydrogen) atoms. The summed E-state index contributed by atoms with van der Waals surface area (Å²) in [4.78, 5) is 16.7. The number of carbonyl (C=O) groups is 1. The van der Waals surface area contributed by atoms with E-state index in [0.717, 1.165) is 5.56 Å². The molecule has 0 unspecified atom stereocenters. The third-order valence-electron chi connectivity index (χ3n) is 4.80. The second-order valence-corrected chi connectivity index (χ2v) is 8.00. The maximum Gasteiger partial charge on any atom is 0.234 e. The Labute approximate surface area is 192 Å². The van der Waals surface area contributed by atoms with Gasteiger partial charge in [0.05, 0.1) is 5.75 Å². The Morgan fingerprint density at radius 3 is 2.67 bits per heavy atom. The molecule has 3 heterocycles. The number of fused-ring (bicyclic) bond motifs is 1. The predicted molar refractivity (Wildman–Crippen MR) is 121 cm³/mol. The number of hydrogen-bond donors (Lipinski definition) is 1. The number of aromatic nitrogens is 4. The Morgan fingerprint density at radius 2 is 1.88 bits per heavy atom. The Kier molecular flexibility index (Phi) is 5.90. The molecule has 1 aliphatic heterocycles. The average molecular weight is 463 g/mol. The summed E-state index contributed by atoms with van der Waals surface area (Å²) in [6, 6.07) is 14.9. The molecular weight excluding hydrogens is 445 g/mol. The number of benzene rings is 2. The van der Waals surface area contributed by atoms with Crippen LogP contribution in [0.1, 0.15) is 0 Å². The molecule has 2 aromatic carbocycles. The van der Waals surface area contributed by atoms with Gasteiger partial charge in [-0.25, -0.2) is 4.39 Å². The number of pyridine rings is 1. The first-order valence-electron chi connectivity index (χ1n) is 10.1. The van der Waals surface area contributed by atoms with E-state index in [4.69, 9.17) is 9.47 Å². The Balaban J connectivity index is 1.35. The molecular formula is C23H18FN5O3S. The summed E-state index contributed by atoms with van der Waals surface area (Å²) in [5.41, 5.74) is 2.04. The first kappa shape index (κ1) is 21.0. The Morgan fingerprint density at radius 1 is 1.06 bits per heavy atom. The minimum atomic E-state index is -0.345. The van der Waals surface area contributed by atoms with Gasteiger partial charge in [0, 0.05) is 35.4 Å². The van der Waals surface area contributed by atoms with Gasteiger partial charge in [0.2, 0.25) is 5.91 Å². The summed E-state index contributed by atoms with van der Waals surface area (Å²) in [6.45, 7) is 0.976. The first-order valence-corrected chi connectivity index (χ1v) is 11.1. The minimum Gasteiger partial charge on any atom is -0.486 e. The summed E-state index contributed by atoms with van der Waals surface area (Å²) < 4.78 is 26.3. The van der Waals surface area contributed by atoms with Gasteiger partial charge in [-0.1, -0.05) is 11.8 Å². The van der Waals surface area contributed by atoms with Crippen molar-refractivity contribution in [3.63, 3.8) is 0 Å². The lowest BCUT2D eigenvalue weighted by Gasteiger charge is -2.19. The van der Waals surface area contributed by atoms with Crippen LogP contribution in [0.5, 0.6) is 11.5 Å². The molecule has 2 aromatic heterocycles. The summed E-state index contributed by atoms with van der Waals surface area (Å²) >= 11 is 1.22. The average Bonchev–Trinajstić information content (AvgIpc) is 3.28. The molecule has 0 fully saturated rings. The van der Waals surface area contributed by atoms with E-state index in [1.807, 2.05) is 6.07 Å². The standard InChI is InChI=1S/C23H18FN5O3S/c24-16-3-6-18(7-4-16)29-22(15-2-1-9-25-13-15)27-28-23(29)33-14-21(30)26-17-5-8-19-20(12-17)32-11-10-31-19/h1-9,12-13H,10-11,14H2,(H,26,30). The molecule has 0 saturated carbocycles. The van der Waals surface area contributed by atoms with Gasteiger partial charge in [0.1, 0.15) is 19.0 Å². The summed E-state index contributed by atoms with van der Waals surface area (Å²) in [5.74, 6) is 1.34. The Hall–Kier alpha value is -3.92. The molecule has 0 saturated heterocycles. The second-order valence-electron chi connectivity index (χ2n) is 7.05. The second kappa shape index (κ2) is 9.29. The van der Waals surface area contributed by atoms with Crippen LogP contribution in [0.2, 0.25) is 0 Å². The molecule has 0 atom stereocenters. The predicted octanol–water partition coefficient (Wildman–Crippen LogP) is 3.97. The number of hydrogen-bond acceptors (Lipinski definition) is 7. The number of thioether (sulfide) groups is 1. The van der Waals surface area contributed by atoms with Gasteiger partial charge in [0.25, 0.3) is 0 Å². The summed E-state index contributed by atoms with van der Waals surface area (Å²) in [6.07, 6.45) is 3.34. The summed E-state index contributed by atoms with van der Waals surface area (Å²) in [7, 11) is 0. The highest BCUT2D eigenvalue weighted by Gasteiger charge is 2.18. The van der Waals surface area contributed by atoms with Gasteiger partial charge in [0.15, 0.2) is 22.5 Å². The Bertz CT molecular complexity index is 1280. The third kappa shape index (κ3) is 4.65. The van der Waals surface area contributed by atoms with Gasteiger partial charge in [-0.05, 0) is 48.5 Å². The monoisotopic (exact) mass is 463 g/mol. The first-order chi connectivity index (χ1) is 16.2. The van der Waals surface area contributed by atoms with Crippen LogP contribution in [0.4, 0.5) is 10.1 Å². The van der Waals surface area contributed by atoms with Gasteiger partial charge in [-0.3, -0.25) is 14.3 Å². The van der Waals surface area contributed by atoms with E-state index in [-0.39, 0.29) is 17.5 Å². The van der Waals surface area contributed by atoms with Crippen molar-refractivity contribution in [2.75, 3.05) is 24.3 Å². The fraction of sp³-hybridized carbons (Fsp3) is 0.130. The number of ether oxygens (including phenoxy) is 2. The zero-order chi connectivity index (χ0) is 22.6. The van der Waals surface area contributed by atoms with Gasteiger partial charge in [-0.2, -0.15) is 0 Å². The van der Waals surface area contributed by atoms with Crippen LogP contribution >= 0.6 is 11.8 Å². The highest BCUT2D eigenvalue weighted by Crippen LogP contribution is 2.33.